The summed E-state index contributed by atoms with van der Waals surface area (Å²) >= 11 is 3.46. The van der Waals surface area contributed by atoms with Gasteiger partial charge in [-0.2, -0.15) is 4.99 Å². The molecule has 2 aliphatic rings. The highest BCUT2D eigenvalue weighted by Gasteiger charge is 2.29. The summed E-state index contributed by atoms with van der Waals surface area (Å²) < 4.78 is 17.9. The summed E-state index contributed by atoms with van der Waals surface area (Å²) in [6.07, 6.45) is 0. The van der Waals surface area contributed by atoms with Crippen molar-refractivity contribution >= 4 is 27.6 Å². The number of hydrogen-bond donors (Lipinski definition) is 1. The molecular formula is C17H15BrN2O3. The minimum atomic E-state index is -0.0445. The molecule has 0 aliphatic carbocycles. The average molecular weight is 375 g/mol. The number of aliphatic imine (C=N–C) groups is 1. The van der Waals surface area contributed by atoms with Gasteiger partial charge < -0.3 is 19.5 Å². The normalized spacial score (nSPS) is 18.2. The zero-order valence-corrected chi connectivity index (χ0v) is 14.1. The van der Waals surface area contributed by atoms with Gasteiger partial charge in [-0.05, 0) is 30.3 Å². The molecule has 118 valence electrons. The first kappa shape index (κ1) is 14.4. The van der Waals surface area contributed by atoms with Gasteiger partial charge in [-0.25, -0.2) is 0 Å². The van der Waals surface area contributed by atoms with Crippen molar-refractivity contribution in [1.29, 1.82) is 0 Å². The third kappa shape index (κ3) is 2.63. The van der Waals surface area contributed by atoms with Crippen LogP contribution in [-0.4, -0.2) is 19.7 Å². The molecule has 0 amide bonds. The number of halogens is 1. The van der Waals surface area contributed by atoms with Gasteiger partial charge in [0.15, 0.2) is 0 Å². The Labute approximate surface area is 142 Å². The average Bonchev–Trinajstić information content (AvgIpc) is 2.98. The summed E-state index contributed by atoms with van der Waals surface area (Å²) in [7, 11) is 1.66. The Hall–Kier alpha value is -2.21. The van der Waals surface area contributed by atoms with Crippen LogP contribution < -0.4 is 14.8 Å². The molecule has 0 saturated heterocycles. The highest BCUT2D eigenvalue weighted by molar-refractivity contribution is 9.10. The quantitative estimate of drug-likeness (QED) is 0.870. The van der Waals surface area contributed by atoms with E-state index in [1.54, 1.807) is 7.11 Å². The molecule has 2 aliphatic heterocycles. The maximum Gasteiger partial charge on any atom is 0.290 e. The Morgan fingerprint density at radius 1 is 1.26 bits per heavy atom. The van der Waals surface area contributed by atoms with Gasteiger partial charge in [-0.15, -0.1) is 0 Å². The molecule has 4 rings (SSSR count). The Morgan fingerprint density at radius 2 is 2.17 bits per heavy atom. The van der Waals surface area contributed by atoms with Crippen LogP contribution in [0.1, 0.15) is 17.2 Å². The highest BCUT2D eigenvalue weighted by Crippen LogP contribution is 2.39. The van der Waals surface area contributed by atoms with Crippen LogP contribution in [-0.2, 0) is 11.3 Å². The van der Waals surface area contributed by atoms with Crippen LogP contribution >= 0.6 is 15.9 Å². The van der Waals surface area contributed by atoms with Gasteiger partial charge in [0.2, 0.25) is 0 Å². The van der Waals surface area contributed by atoms with Crippen LogP contribution in [0.2, 0.25) is 0 Å². The van der Waals surface area contributed by atoms with Crippen molar-refractivity contribution in [2.45, 2.75) is 12.6 Å². The lowest BCUT2D eigenvalue weighted by atomic mass is 10.1. The molecule has 0 saturated carbocycles. The number of rotatable bonds is 2. The first-order valence-corrected chi connectivity index (χ1v) is 8.10. The molecule has 2 heterocycles. The van der Waals surface area contributed by atoms with Crippen molar-refractivity contribution < 1.29 is 14.2 Å². The molecule has 0 fully saturated rings. The van der Waals surface area contributed by atoms with Gasteiger partial charge in [0.1, 0.15) is 24.7 Å². The smallest absolute Gasteiger partial charge is 0.290 e. The van der Waals surface area contributed by atoms with Crippen LogP contribution in [0, 0.1) is 0 Å². The van der Waals surface area contributed by atoms with E-state index in [2.05, 4.69) is 26.2 Å². The van der Waals surface area contributed by atoms with Gasteiger partial charge in [-0.3, -0.25) is 0 Å². The minimum absolute atomic E-state index is 0.0445. The molecule has 0 bridgehead atoms. The van der Waals surface area contributed by atoms with Crippen molar-refractivity contribution in [3.05, 3.63) is 52.0 Å². The Balaban J connectivity index is 1.61. The fourth-order valence-corrected chi connectivity index (χ4v) is 3.24. The molecule has 1 atom stereocenters. The van der Waals surface area contributed by atoms with Crippen molar-refractivity contribution in [2.75, 3.05) is 13.7 Å². The van der Waals surface area contributed by atoms with Crippen LogP contribution in [0.3, 0.4) is 0 Å². The first-order chi connectivity index (χ1) is 11.2. The van der Waals surface area contributed by atoms with Crippen LogP contribution in [0.25, 0.3) is 0 Å². The number of benzene rings is 2. The molecule has 6 heteroatoms. The Morgan fingerprint density at radius 3 is 3.04 bits per heavy atom. The molecule has 2 aromatic rings. The number of ether oxygens (including phenoxy) is 3. The van der Waals surface area contributed by atoms with Crippen molar-refractivity contribution in [2.24, 2.45) is 4.99 Å². The second-order valence-electron chi connectivity index (χ2n) is 5.36. The predicted molar refractivity (Wildman–Crippen MR) is 90.4 cm³/mol. The Bertz CT molecular complexity index is 791. The molecule has 0 spiro atoms. The van der Waals surface area contributed by atoms with E-state index in [-0.39, 0.29) is 6.04 Å². The zero-order valence-electron chi connectivity index (χ0n) is 12.5. The number of nitrogens with one attached hydrogen (secondary N) is 1. The molecule has 5 nitrogen and oxygen atoms in total. The highest BCUT2D eigenvalue weighted by atomic mass is 79.9. The van der Waals surface area contributed by atoms with Gasteiger partial charge >= 0.3 is 0 Å². The summed E-state index contributed by atoms with van der Waals surface area (Å²) in [5, 5.41) is 3.32. The van der Waals surface area contributed by atoms with Gasteiger partial charge in [0.05, 0.1) is 24.4 Å². The molecular weight excluding hydrogens is 360 g/mol. The predicted octanol–water partition coefficient (Wildman–Crippen LogP) is 3.70. The van der Waals surface area contributed by atoms with Gasteiger partial charge in [-0.1, -0.05) is 22.0 Å². The van der Waals surface area contributed by atoms with Crippen molar-refractivity contribution in [3.63, 3.8) is 0 Å². The fourth-order valence-electron chi connectivity index (χ4n) is 2.83. The lowest BCUT2D eigenvalue weighted by Gasteiger charge is -2.21. The molecule has 1 N–H and O–H groups in total. The van der Waals surface area contributed by atoms with E-state index >= 15 is 0 Å². The van der Waals surface area contributed by atoms with Crippen molar-refractivity contribution in [3.8, 4) is 11.5 Å². The van der Waals surface area contributed by atoms with Gasteiger partial charge in [0.25, 0.3) is 6.02 Å². The van der Waals surface area contributed by atoms with Crippen LogP contribution in [0.15, 0.2) is 45.9 Å². The molecule has 2 aromatic carbocycles. The lowest BCUT2D eigenvalue weighted by Crippen LogP contribution is -2.32. The maximum atomic E-state index is 5.73. The molecule has 0 radical (unpaired) electrons. The zero-order chi connectivity index (χ0) is 15.8. The van der Waals surface area contributed by atoms with Crippen LogP contribution in [0.4, 0.5) is 5.69 Å². The number of fused-ring (bicyclic) bond motifs is 2. The maximum absolute atomic E-state index is 5.73. The second kappa shape index (κ2) is 5.77. The van der Waals surface area contributed by atoms with Crippen LogP contribution in [0.5, 0.6) is 11.5 Å². The monoisotopic (exact) mass is 374 g/mol. The Kier molecular flexibility index (Phi) is 3.61. The van der Waals surface area contributed by atoms with E-state index in [1.807, 2.05) is 36.4 Å². The summed E-state index contributed by atoms with van der Waals surface area (Å²) in [5.74, 6) is 1.64. The first-order valence-electron chi connectivity index (χ1n) is 7.31. The summed E-state index contributed by atoms with van der Waals surface area (Å²) in [5.41, 5.74) is 2.98. The summed E-state index contributed by atoms with van der Waals surface area (Å²) in [6.45, 7) is 1.01. The molecule has 0 aromatic heterocycles. The van der Waals surface area contributed by atoms with Crippen molar-refractivity contribution in [1.82, 2.24) is 5.32 Å². The minimum Gasteiger partial charge on any atom is -0.496 e. The summed E-state index contributed by atoms with van der Waals surface area (Å²) in [6, 6.07) is 12.2. The number of hydrogen-bond acceptors (Lipinski definition) is 5. The third-order valence-electron chi connectivity index (χ3n) is 3.93. The number of nitrogens with zero attached hydrogens (tertiary/aromatic N) is 1. The van der Waals surface area contributed by atoms with E-state index in [1.165, 1.54) is 0 Å². The SMILES string of the molecule is COc1cccc2c1C(NC1=Nc3ccc(Br)cc3CO1)CO2. The van der Waals surface area contributed by atoms with Gasteiger partial charge in [0, 0.05) is 10.0 Å². The van der Waals surface area contributed by atoms with E-state index in [0.717, 1.165) is 32.8 Å². The molecule has 1 unspecified atom stereocenters. The summed E-state index contributed by atoms with van der Waals surface area (Å²) in [4.78, 5) is 4.54. The second-order valence-corrected chi connectivity index (χ2v) is 6.27. The third-order valence-corrected chi connectivity index (χ3v) is 4.42. The lowest BCUT2D eigenvalue weighted by molar-refractivity contribution is 0.256. The van der Waals surface area contributed by atoms with E-state index in [4.69, 9.17) is 14.2 Å². The van der Waals surface area contributed by atoms with E-state index in [0.29, 0.717) is 19.2 Å². The van der Waals surface area contributed by atoms with E-state index in [9.17, 15) is 0 Å². The standard InChI is InChI=1S/C17H15BrN2O3/c1-21-14-3-2-4-15-16(14)13(9-22-15)20-17-19-12-6-5-11(18)7-10(12)8-23-17/h2-7,13H,8-9H2,1H3,(H,19,20). The number of methoxy groups -OCH3 is 1. The van der Waals surface area contributed by atoms with E-state index < -0.39 is 0 Å². The number of amidine groups is 1. The topological polar surface area (TPSA) is 52.1 Å². The largest absolute Gasteiger partial charge is 0.496 e. The fraction of sp³-hybridized carbons (Fsp3) is 0.235. The molecule has 23 heavy (non-hydrogen) atoms.